The third kappa shape index (κ3) is 4.63. The fraction of sp³-hybridized carbons (Fsp3) is 0.516. The van der Waals surface area contributed by atoms with Crippen LogP contribution in [0, 0.1) is 11.8 Å². The Bertz CT molecular complexity index is 1190. The highest BCUT2D eigenvalue weighted by Crippen LogP contribution is 2.64. The van der Waals surface area contributed by atoms with Gasteiger partial charge in [-0.15, -0.1) is 0 Å². The van der Waals surface area contributed by atoms with Crippen LogP contribution in [0.15, 0.2) is 60.7 Å². The van der Waals surface area contributed by atoms with Crippen LogP contribution in [-0.2, 0) is 32.1 Å². The maximum atomic E-state index is 14.4. The van der Waals surface area contributed by atoms with Gasteiger partial charge in [0.25, 0.3) is 0 Å². The average molecular weight is 534 g/mol. The minimum absolute atomic E-state index is 0.187. The molecule has 3 fully saturated rings. The quantitative estimate of drug-likeness (QED) is 0.412. The number of carbonyl (C=O) groups is 3. The number of benzene rings is 2. The van der Waals surface area contributed by atoms with E-state index in [0.29, 0.717) is 38.8 Å². The van der Waals surface area contributed by atoms with Crippen LogP contribution in [-0.4, -0.2) is 64.2 Å². The zero-order chi connectivity index (χ0) is 27.6. The lowest BCUT2D eigenvalue weighted by atomic mass is 9.65. The Morgan fingerprint density at radius 2 is 1.67 bits per heavy atom. The SMILES string of the molecule is CCCNC(=O)[C@@H]1[C@H]2C(=O)N([C@@H](CO)Cc3ccccc3)C(C(=O)NCc3ccccc3)C23CC[C@@]1(CC)O3. The smallest absolute Gasteiger partial charge is 0.246 e. The number of carbonyl (C=O) groups excluding carboxylic acids is 3. The number of aliphatic hydroxyl groups is 1. The number of fused-ring (bicyclic) bond motifs is 1. The summed E-state index contributed by atoms with van der Waals surface area (Å²) in [5.74, 6) is -2.24. The molecule has 6 atom stereocenters. The van der Waals surface area contributed by atoms with Crippen molar-refractivity contribution in [3.05, 3.63) is 71.8 Å². The Balaban J connectivity index is 1.53. The highest BCUT2D eigenvalue weighted by molar-refractivity contribution is 5.99. The monoisotopic (exact) mass is 533 g/mol. The predicted molar refractivity (Wildman–Crippen MR) is 146 cm³/mol. The van der Waals surface area contributed by atoms with Gasteiger partial charge in [-0.25, -0.2) is 0 Å². The molecule has 0 radical (unpaired) electrons. The van der Waals surface area contributed by atoms with E-state index in [1.807, 2.05) is 74.5 Å². The van der Waals surface area contributed by atoms with Gasteiger partial charge in [-0.3, -0.25) is 14.4 Å². The van der Waals surface area contributed by atoms with Crippen molar-refractivity contribution in [3.8, 4) is 0 Å². The molecule has 3 saturated heterocycles. The van der Waals surface area contributed by atoms with Crippen LogP contribution in [0.5, 0.6) is 0 Å². The minimum atomic E-state index is -1.12. The maximum absolute atomic E-state index is 14.4. The number of nitrogens with zero attached hydrogens (tertiary/aromatic N) is 1. The van der Waals surface area contributed by atoms with Crippen LogP contribution < -0.4 is 10.6 Å². The van der Waals surface area contributed by atoms with Crippen molar-refractivity contribution >= 4 is 17.7 Å². The number of rotatable bonds is 11. The second-order valence-electron chi connectivity index (χ2n) is 11.1. The van der Waals surface area contributed by atoms with Gasteiger partial charge in [0.2, 0.25) is 17.7 Å². The Morgan fingerprint density at radius 3 is 2.28 bits per heavy atom. The van der Waals surface area contributed by atoms with Crippen LogP contribution in [0.4, 0.5) is 0 Å². The summed E-state index contributed by atoms with van der Waals surface area (Å²) in [4.78, 5) is 43.5. The molecule has 2 bridgehead atoms. The van der Waals surface area contributed by atoms with Crippen LogP contribution in [0.25, 0.3) is 0 Å². The van der Waals surface area contributed by atoms with Gasteiger partial charge < -0.3 is 25.4 Å². The number of nitrogens with one attached hydrogen (secondary N) is 2. The highest BCUT2D eigenvalue weighted by atomic mass is 16.5. The molecule has 8 heteroatoms. The van der Waals surface area contributed by atoms with E-state index < -0.39 is 35.1 Å². The number of likely N-dealkylation sites (tertiary alicyclic amines) is 1. The summed E-state index contributed by atoms with van der Waals surface area (Å²) in [5.41, 5.74) is -0.00481. The first-order valence-electron chi connectivity index (χ1n) is 14.2. The lowest BCUT2D eigenvalue weighted by Crippen LogP contribution is -2.58. The summed E-state index contributed by atoms with van der Waals surface area (Å²) in [7, 11) is 0. The van der Waals surface area contributed by atoms with Crippen LogP contribution >= 0.6 is 0 Å². The summed E-state index contributed by atoms with van der Waals surface area (Å²) in [6.07, 6.45) is 2.87. The Kier molecular flexibility index (Phi) is 7.78. The molecule has 3 amide bonds. The molecular formula is C31H39N3O5. The van der Waals surface area contributed by atoms with E-state index in [-0.39, 0.29) is 24.3 Å². The molecule has 5 rings (SSSR count). The molecule has 208 valence electrons. The predicted octanol–water partition coefficient (Wildman–Crippen LogP) is 2.59. The molecule has 1 spiro atoms. The fourth-order valence-corrected chi connectivity index (χ4v) is 7.12. The molecule has 39 heavy (non-hydrogen) atoms. The van der Waals surface area contributed by atoms with E-state index >= 15 is 0 Å². The highest BCUT2D eigenvalue weighted by Gasteiger charge is 2.79. The Labute approximate surface area is 230 Å². The van der Waals surface area contributed by atoms with E-state index in [9.17, 15) is 19.5 Å². The second kappa shape index (κ2) is 11.1. The molecule has 2 unspecified atom stereocenters. The summed E-state index contributed by atoms with van der Waals surface area (Å²) in [6.45, 7) is 4.48. The normalized spacial score (nSPS) is 29.8. The topological polar surface area (TPSA) is 108 Å². The molecule has 3 aliphatic rings. The average Bonchev–Trinajstić information content (AvgIpc) is 3.58. The molecule has 3 heterocycles. The van der Waals surface area contributed by atoms with Gasteiger partial charge in [-0.2, -0.15) is 0 Å². The molecule has 8 nitrogen and oxygen atoms in total. The van der Waals surface area contributed by atoms with E-state index in [4.69, 9.17) is 4.74 Å². The molecule has 0 aromatic heterocycles. The third-order valence-corrected chi connectivity index (χ3v) is 8.93. The number of hydrogen-bond acceptors (Lipinski definition) is 5. The minimum Gasteiger partial charge on any atom is -0.394 e. The van der Waals surface area contributed by atoms with Gasteiger partial charge in [-0.05, 0) is 43.2 Å². The van der Waals surface area contributed by atoms with Gasteiger partial charge in [0.1, 0.15) is 11.6 Å². The number of amides is 3. The summed E-state index contributed by atoms with van der Waals surface area (Å²) >= 11 is 0. The first-order valence-corrected chi connectivity index (χ1v) is 14.2. The molecule has 0 aliphatic carbocycles. The Morgan fingerprint density at radius 1 is 1.00 bits per heavy atom. The Hall–Kier alpha value is -3.23. The largest absolute Gasteiger partial charge is 0.394 e. The van der Waals surface area contributed by atoms with E-state index in [2.05, 4.69) is 10.6 Å². The van der Waals surface area contributed by atoms with Crippen LogP contribution in [0.1, 0.15) is 50.7 Å². The second-order valence-corrected chi connectivity index (χ2v) is 11.1. The molecule has 2 aromatic carbocycles. The lowest BCUT2D eigenvalue weighted by Gasteiger charge is -2.37. The van der Waals surface area contributed by atoms with E-state index in [1.165, 1.54) is 0 Å². The number of aliphatic hydroxyl groups excluding tert-OH is 1. The van der Waals surface area contributed by atoms with Crippen molar-refractivity contribution in [2.75, 3.05) is 13.2 Å². The van der Waals surface area contributed by atoms with Crippen molar-refractivity contribution in [2.45, 2.75) is 75.8 Å². The van der Waals surface area contributed by atoms with E-state index in [1.54, 1.807) is 4.90 Å². The first-order chi connectivity index (χ1) is 18.9. The summed E-state index contributed by atoms with van der Waals surface area (Å²) in [6, 6.07) is 17.7. The van der Waals surface area contributed by atoms with Crippen LogP contribution in [0.2, 0.25) is 0 Å². The van der Waals surface area contributed by atoms with Crippen molar-refractivity contribution in [1.82, 2.24) is 15.5 Å². The van der Waals surface area contributed by atoms with Gasteiger partial charge >= 0.3 is 0 Å². The molecule has 3 aliphatic heterocycles. The first kappa shape index (κ1) is 27.3. The fourth-order valence-electron chi connectivity index (χ4n) is 7.12. The molecular weight excluding hydrogens is 494 g/mol. The van der Waals surface area contributed by atoms with E-state index in [0.717, 1.165) is 17.5 Å². The number of hydrogen-bond donors (Lipinski definition) is 3. The summed E-state index contributed by atoms with van der Waals surface area (Å²) in [5, 5.41) is 16.6. The van der Waals surface area contributed by atoms with Crippen molar-refractivity contribution in [2.24, 2.45) is 11.8 Å². The van der Waals surface area contributed by atoms with Gasteiger partial charge in [0, 0.05) is 13.1 Å². The lowest BCUT2D eigenvalue weighted by molar-refractivity contribution is -0.151. The van der Waals surface area contributed by atoms with Gasteiger partial charge in [0.05, 0.1) is 30.1 Å². The molecule has 2 aromatic rings. The van der Waals surface area contributed by atoms with Crippen molar-refractivity contribution in [1.29, 1.82) is 0 Å². The zero-order valence-corrected chi connectivity index (χ0v) is 22.8. The summed E-state index contributed by atoms with van der Waals surface area (Å²) < 4.78 is 6.80. The molecule has 0 saturated carbocycles. The van der Waals surface area contributed by atoms with Gasteiger partial charge in [0.15, 0.2) is 0 Å². The molecule has 3 N–H and O–H groups in total. The van der Waals surface area contributed by atoms with Crippen LogP contribution in [0.3, 0.4) is 0 Å². The zero-order valence-electron chi connectivity index (χ0n) is 22.8. The standard InChI is InChI=1S/C31H39N3O5/c1-3-17-32-27(36)24-25-29(38)34(23(20-35)18-21-11-7-5-8-12-21)26(31(25)16-15-30(24,4-2)39-31)28(37)33-19-22-13-9-6-10-14-22/h5-14,23-26,35H,3-4,15-20H2,1-2H3,(H,32,36)(H,33,37)/t23-,24+,25+,26?,30-,31?/m1/s1. The number of ether oxygens (including phenoxy) is 1. The third-order valence-electron chi connectivity index (χ3n) is 8.93. The van der Waals surface area contributed by atoms with Crippen molar-refractivity contribution in [3.63, 3.8) is 0 Å². The van der Waals surface area contributed by atoms with Gasteiger partial charge in [-0.1, -0.05) is 74.5 Å². The maximum Gasteiger partial charge on any atom is 0.246 e. The van der Waals surface area contributed by atoms with Crippen molar-refractivity contribution < 1.29 is 24.2 Å².